The zero-order chi connectivity index (χ0) is 19.4. The van der Waals surface area contributed by atoms with Crippen LogP contribution in [-0.4, -0.2) is 37.2 Å². The van der Waals surface area contributed by atoms with Crippen LogP contribution in [0.3, 0.4) is 0 Å². The minimum absolute atomic E-state index is 0.551. The first kappa shape index (κ1) is 18.7. The van der Waals surface area contributed by atoms with Gasteiger partial charge in [0.25, 0.3) is 0 Å². The molecule has 7 nitrogen and oxygen atoms in total. The number of benzene rings is 1. The summed E-state index contributed by atoms with van der Waals surface area (Å²) in [7, 11) is 2.00. The van der Waals surface area contributed by atoms with Gasteiger partial charge in [0, 0.05) is 31.8 Å². The fourth-order valence-electron chi connectivity index (χ4n) is 3.12. The molecule has 1 aromatic carbocycles. The molecule has 0 atom stereocenters. The highest BCUT2D eigenvalue weighted by Crippen LogP contribution is 2.20. The molecule has 0 aliphatic heterocycles. The zero-order valence-electron chi connectivity index (χ0n) is 16.4. The molecular weight excluding hydrogens is 338 g/mol. The maximum Gasteiger partial charge on any atom is 0.162 e. The minimum Gasteiger partial charge on any atom is -0.384 e. The van der Waals surface area contributed by atoms with Crippen LogP contribution in [0.5, 0.6) is 0 Å². The first-order valence-electron chi connectivity index (χ1n) is 9.33. The molecule has 0 saturated carbocycles. The lowest BCUT2D eigenvalue weighted by molar-refractivity contribution is 0.800. The van der Waals surface area contributed by atoms with Crippen LogP contribution in [0.2, 0.25) is 0 Å². The third-order valence-electron chi connectivity index (χ3n) is 4.65. The Balaban J connectivity index is 0.000000177. The summed E-state index contributed by atoms with van der Waals surface area (Å²) in [5.41, 5.74) is 10.1. The van der Waals surface area contributed by atoms with Crippen molar-refractivity contribution in [1.82, 2.24) is 24.1 Å². The molecule has 0 fully saturated rings. The lowest BCUT2D eigenvalue weighted by atomic mass is 10.3. The summed E-state index contributed by atoms with van der Waals surface area (Å²) in [5, 5.41) is 4.40. The fourth-order valence-corrected chi connectivity index (χ4v) is 3.12. The number of hydrogen-bond donors (Lipinski definition) is 1. The van der Waals surface area contributed by atoms with Crippen molar-refractivity contribution in [1.29, 1.82) is 0 Å². The lowest BCUT2D eigenvalue weighted by Crippen LogP contribution is -2.25. The summed E-state index contributed by atoms with van der Waals surface area (Å²) in [6.07, 6.45) is 4.61. The number of nitrogens with zero attached hydrogens (tertiary/aromatic N) is 6. The van der Waals surface area contributed by atoms with Gasteiger partial charge in [0.1, 0.15) is 11.6 Å². The molecule has 2 N–H and O–H groups in total. The highest BCUT2D eigenvalue weighted by atomic mass is 15.3. The van der Waals surface area contributed by atoms with Crippen LogP contribution >= 0.6 is 0 Å². The van der Waals surface area contributed by atoms with Crippen LogP contribution in [0.25, 0.3) is 16.7 Å². The van der Waals surface area contributed by atoms with Crippen molar-refractivity contribution >= 4 is 28.3 Å². The number of aryl methyl sites for hydroxylation is 2. The number of rotatable bonds is 4. The third-order valence-corrected chi connectivity index (χ3v) is 4.65. The standard InChI is InChI=1S/C12H19N5.C8H8N2/c1-4-9-8-14-17-11(16(5-2)6-3)7-10(13)15-12(9)17;1-10-6-9-7-4-2-3-5-8(7)10/h7-8H,4-6H2,1-3H3,(H2,13,15);2-6H,1H3. The van der Waals surface area contributed by atoms with Gasteiger partial charge in [-0.15, -0.1) is 0 Å². The fraction of sp³-hybridized carbons (Fsp3) is 0.350. The van der Waals surface area contributed by atoms with Crippen LogP contribution in [-0.2, 0) is 13.5 Å². The largest absolute Gasteiger partial charge is 0.384 e. The molecule has 142 valence electrons. The first-order chi connectivity index (χ1) is 13.1. The van der Waals surface area contributed by atoms with Crippen LogP contribution in [0.4, 0.5) is 11.6 Å². The van der Waals surface area contributed by atoms with Crippen molar-refractivity contribution in [2.24, 2.45) is 7.05 Å². The summed E-state index contributed by atoms with van der Waals surface area (Å²) >= 11 is 0. The van der Waals surface area contributed by atoms with E-state index < -0.39 is 0 Å². The summed E-state index contributed by atoms with van der Waals surface area (Å²) in [6.45, 7) is 8.19. The van der Waals surface area contributed by atoms with Crippen molar-refractivity contribution in [3.8, 4) is 0 Å². The second-order valence-electron chi connectivity index (χ2n) is 6.31. The van der Waals surface area contributed by atoms with Crippen molar-refractivity contribution in [3.05, 3.63) is 48.4 Å². The predicted octanol–water partition coefficient (Wildman–Crippen LogP) is 3.29. The van der Waals surface area contributed by atoms with E-state index in [9.17, 15) is 0 Å². The van der Waals surface area contributed by atoms with Gasteiger partial charge >= 0.3 is 0 Å². The summed E-state index contributed by atoms with van der Waals surface area (Å²) in [6, 6.07) is 9.96. The second-order valence-corrected chi connectivity index (χ2v) is 6.31. The van der Waals surface area contributed by atoms with E-state index in [-0.39, 0.29) is 0 Å². The first-order valence-corrected chi connectivity index (χ1v) is 9.33. The Hall–Kier alpha value is -3.09. The number of imidazole rings is 1. The van der Waals surface area contributed by atoms with Gasteiger partial charge in [0.2, 0.25) is 0 Å². The second kappa shape index (κ2) is 8.07. The van der Waals surface area contributed by atoms with Gasteiger partial charge in [-0.05, 0) is 32.4 Å². The van der Waals surface area contributed by atoms with Crippen LogP contribution in [0, 0.1) is 0 Å². The molecule has 4 aromatic rings. The molecule has 0 radical (unpaired) electrons. The van der Waals surface area contributed by atoms with Gasteiger partial charge in [0.05, 0.1) is 23.6 Å². The molecule has 0 amide bonds. The smallest absolute Gasteiger partial charge is 0.162 e. The number of nitrogen functional groups attached to an aromatic ring is 1. The Morgan fingerprint density at radius 1 is 1.11 bits per heavy atom. The van der Waals surface area contributed by atoms with Crippen molar-refractivity contribution in [2.75, 3.05) is 23.7 Å². The monoisotopic (exact) mass is 365 g/mol. The average Bonchev–Trinajstić information content (AvgIpc) is 3.27. The summed E-state index contributed by atoms with van der Waals surface area (Å²) in [4.78, 5) is 10.8. The molecule has 7 heteroatoms. The molecule has 0 aliphatic rings. The van der Waals surface area contributed by atoms with E-state index in [1.54, 1.807) is 0 Å². The lowest BCUT2D eigenvalue weighted by Gasteiger charge is -2.21. The van der Waals surface area contributed by atoms with Gasteiger partial charge in [-0.2, -0.15) is 9.61 Å². The molecule has 0 aliphatic carbocycles. The van der Waals surface area contributed by atoms with E-state index in [0.29, 0.717) is 5.82 Å². The van der Waals surface area contributed by atoms with E-state index in [1.165, 1.54) is 5.52 Å². The van der Waals surface area contributed by atoms with Crippen molar-refractivity contribution < 1.29 is 0 Å². The van der Waals surface area contributed by atoms with Crippen molar-refractivity contribution in [2.45, 2.75) is 27.2 Å². The summed E-state index contributed by atoms with van der Waals surface area (Å²) < 4.78 is 3.89. The molecule has 0 spiro atoms. The number of anilines is 2. The molecule has 27 heavy (non-hydrogen) atoms. The summed E-state index contributed by atoms with van der Waals surface area (Å²) in [5.74, 6) is 1.56. The van der Waals surface area contributed by atoms with Gasteiger partial charge in [-0.3, -0.25) is 0 Å². The van der Waals surface area contributed by atoms with E-state index in [0.717, 1.165) is 42.1 Å². The highest BCUT2D eigenvalue weighted by molar-refractivity contribution is 5.74. The number of nitrogens with two attached hydrogens (primary N) is 1. The highest BCUT2D eigenvalue weighted by Gasteiger charge is 2.12. The minimum atomic E-state index is 0.551. The Morgan fingerprint density at radius 3 is 2.52 bits per heavy atom. The molecule has 3 aromatic heterocycles. The maximum atomic E-state index is 5.88. The Labute approximate surface area is 159 Å². The van der Waals surface area contributed by atoms with Crippen molar-refractivity contribution in [3.63, 3.8) is 0 Å². The predicted molar refractivity (Wildman–Crippen MR) is 111 cm³/mol. The molecule has 0 bridgehead atoms. The van der Waals surface area contributed by atoms with Gasteiger partial charge in [-0.25, -0.2) is 9.97 Å². The number of para-hydroxylation sites is 2. The maximum absolute atomic E-state index is 5.88. The van der Waals surface area contributed by atoms with Gasteiger partial charge in [-0.1, -0.05) is 19.1 Å². The molecule has 3 heterocycles. The van der Waals surface area contributed by atoms with Crippen LogP contribution < -0.4 is 10.6 Å². The zero-order valence-corrected chi connectivity index (χ0v) is 16.4. The molecular formula is C20H27N7. The van der Waals surface area contributed by atoms with E-state index in [2.05, 4.69) is 46.8 Å². The Morgan fingerprint density at radius 2 is 1.85 bits per heavy atom. The van der Waals surface area contributed by atoms with E-state index in [1.807, 2.05) is 52.9 Å². The van der Waals surface area contributed by atoms with Crippen LogP contribution in [0.1, 0.15) is 26.3 Å². The Bertz CT molecular complexity index is 1030. The van der Waals surface area contributed by atoms with E-state index in [4.69, 9.17) is 5.73 Å². The SMILES string of the molecule is CCc1cnn2c(N(CC)CC)cc(N)nc12.Cn1cnc2ccccc21. The normalized spacial score (nSPS) is 10.8. The third kappa shape index (κ3) is 3.72. The number of aromatic nitrogens is 5. The topological polar surface area (TPSA) is 77.3 Å². The molecule has 0 unspecified atom stereocenters. The van der Waals surface area contributed by atoms with Crippen LogP contribution in [0.15, 0.2) is 42.9 Å². The average molecular weight is 365 g/mol. The number of fused-ring (bicyclic) bond motifs is 2. The van der Waals surface area contributed by atoms with Gasteiger partial charge < -0.3 is 15.2 Å². The van der Waals surface area contributed by atoms with Gasteiger partial charge in [0.15, 0.2) is 5.65 Å². The number of hydrogen-bond acceptors (Lipinski definition) is 5. The Kier molecular flexibility index (Phi) is 5.59. The van der Waals surface area contributed by atoms with E-state index >= 15 is 0 Å². The quantitative estimate of drug-likeness (QED) is 0.600. The molecule has 0 saturated heterocycles. The molecule has 4 rings (SSSR count).